The Kier molecular flexibility index (Phi) is 5.19. The molecule has 156 valence electrons. The van der Waals surface area contributed by atoms with Gasteiger partial charge in [0, 0.05) is 17.2 Å². The van der Waals surface area contributed by atoms with Gasteiger partial charge < -0.3 is 9.47 Å². The lowest BCUT2D eigenvalue weighted by atomic mass is 9.90. The van der Waals surface area contributed by atoms with Gasteiger partial charge in [-0.3, -0.25) is 9.78 Å². The van der Waals surface area contributed by atoms with Crippen LogP contribution in [0.25, 0.3) is 0 Å². The van der Waals surface area contributed by atoms with E-state index >= 15 is 8.78 Å². The second kappa shape index (κ2) is 7.68. The Hall–Kier alpha value is -3.00. The monoisotopic (exact) mass is 419 g/mol. The number of ketones is 1. The average Bonchev–Trinajstić information content (AvgIpc) is 3.55. The summed E-state index contributed by atoms with van der Waals surface area (Å²) in [6, 6.07) is 4.67. The fourth-order valence-electron chi connectivity index (χ4n) is 3.31. The summed E-state index contributed by atoms with van der Waals surface area (Å²) >= 11 is 0. The molecule has 0 N–H and O–H groups in total. The van der Waals surface area contributed by atoms with Crippen LogP contribution in [-0.2, 0) is 21.1 Å². The SMILES string of the molecule is O=C(COc1ccc(C(F)(F)C2(c3ccc(F)cc3F)CO2)nc1)C1=CCCC=C1. The van der Waals surface area contributed by atoms with E-state index in [1.54, 1.807) is 6.08 Å². The largest absolute Gasteiger partial charge is 0.484 e. The molecule has 4 nitrogen and oxygen atoms in total. The van der Waals surface area contributed by atoms with Crippen molar-refractivity contribution < 1.29 is 31.8 Å². The van der Waals surface area contributed by atoms with Crippen molar-refractivity contribution in [2.75, 3.05) is 13.2 Å². The highest BCUT2D eigenvalue weighted by Crippen LogP contribution is 2.56. The number of carbonyl (C=O) groups excluding carboxylic acids is 1. The van der Waals surface area contributed by atoms with Gasteiger partial charge in [-0.25, -0.2) is 8.78 Å². The van der Waals surface area contributed by atoms with Crippen LogP contribution >= 0.6 is 0 Å². The summed E-state index contributed by atoms with van der Waals surface area (Å²) in [6.07, 6.45) is 8.16. The number of epoxide rings is 1. The third-order valence-corrected chi connectivity index (χ3v) is 5.05. The van der Waals surface area contributed by atoms with E-state index < -0.39 is 41.0 Å². The number of allylic oxidation sites excluding steroid dienone is 3. The summed E-state index contributed by atoms with van der Waals surface area (Å²) in [5, 5.41) is 0. The Morgan fingerprint density at radius 3 is 2.60 bits per heavy atom. The molecule has 1 aliphatic heterocycles. The van der Waals surface area contributed by atoms with Gasteiger partial charge in [0.1, 0.15) is 23.1 Å². The van der Waals surface area contributed by atoms with Crippen molar-refractivity contribution in [3.8, 4) is 5.75 Å². The third-order valence-electron chi connectivity index (χ3n) is 5.05. The zero-order valence-electron chi connectivity index (χ0n) is 15.7. The number of nitrogens with zero attached hydrogens (tertiary/aromatic N) is 1. The molecule has 0 radical (unpaired) electrons. The summed E-state index contributed by atoms with van der Waals surface area (Å²) in [7, 11) is 0. The standard InChI is InChI=1S/C22H17F4NO3/c23-15-6-8-17(18(24)10-15)21(13-30-21)22(25,26)20-9-7-16(11-27-20)29-12-19(28)14-4-2-1-3-5-14/h2,4-11H,1,3,12-13H2. The van der Waals surface area contributed by atoms with Gasteiger partial charge in [-0.1, -0.05) is 18.2 Å². The van der Waals surface area contributed by atoms with Crippen LogP contribution in [0.5, 0.6) is 5.75 Å². The number of alkyl halides is 2. The van der Waals surface area contributed by atoms with Gasteiger partial charge in [0.2, 0.25) is 0 Å². The van der Waals surface area contributed by atoms with E-state index in [1.807, 2.05) is 12.2 Å². The highest BCUT2D eigenvalue weighted by Gasteiger charge is 2.68. The molecule has 0 bridgehead atoms. The molecule has 30 heavy (non-hydrogen) atoms. The molecule has 1 fully saturated rings. The number of hydrogen-bond acceptors (Lipinski definition) is 4. The molecule has 0 saturated carbocycles. The second-order valence-corrected chi connectivity index (χ2v) is 7.04. The van der Waals surface area contributed by atoms with E-state index in [1.165, 1.54) is 6.07 Å². The number of carbonyl (C=O) groups is 1. The van der Waals surface area contributed by atoms with Crippen molar-refractivity contribution in [2.24, 2.45) is 0 Å². The smallest absolute Gasteiger partial charge is 0.324 e. The van der Waals surface area contributed by atoms with Crippen molar-refractivity contribution in [1.29, 1.82) is 0 Å². The highest BCUT2D eigenvalue weighted by molar-refractivity contribution is 5.99. The van der Waals surface area contributed by atoms with Crippen molar-refractivity contribution in [3.63, 3.8) is 0 Å². The molecule has 2 aromatic rings. The fourth-order valence-corrected chi connectivity index (χ4v) is 3.31. The molecule has 1 atom stereocenters. The lowest BCUT2D eigenvalue weighted by Crippen LogP contribution is -2.34. The molecule has 1 aliphatic carbocycles. The van der Waals surface area contributed by atoms with Gasteiger partial charge in [-0.05, 0) is 37.1 Å². The van der Waals surface area contributed by atoms with Crippen LogP contribution in [0.3, 0.4) is 0 Å². The molecular formula is C22H17F4NO3. The van der Waals surface area contributed by atoms with Crippen molar-refractivity contribution >= 4 is 5.78 Å². The average molecular weight is 419 g/mol. The van der Waals surface area contributed by atoms with Crippen molar-refractivity contribution in [3.05, 3.63) is 83.2 Å². The van der Waals surface area contributed by atoms with Crippen molar-refractivity contribution in [1.82, 2.24) is 4.98 Å². The van der Waals surface area contributed by atoms with Crippen LogP contribution in [0, 0.1) is 11.6 Å². The topological polar surface area (TPSA) is 51.7 Å². The van der Waals surface area contributed by atoms with Crippen LogP contribution in [0.2, 0.25) is 0 Å². The zero-order chi connectivity index (χ0) is 21.4. The highest BCUT2D eigenvalue weighted by atomic mass is 19.3. The van der Waals surface area contributed by atoms with Gasteiger partial charge in [0.05, 0.1) is 12.8 Å². The molecule has 1 aromatic carbocycles. The fraction of sp³-hybridized carbons (Fsp3) is 0.273. The Labute approximate surface area is 169 Å². The van der Waals surface area contributed by atoms with E-state index in [2.05, 4.69) is 4.98 Å². The predicted molar refractivity (Wildman–Crippen MR) is 99.1 cm³/mol. The Bertz CT molecular complexity index is 1030. The van der Waals surface area contributed by atoms with Gasteiger partial charge in [0.25, 0.3) is 0 Å². The molecule has 2 aliphatic rings. The minimum atomic E-state index is -3.67. The summed E-state index contributed by atoms with van der Waals surface area (Å²) in [5.41, 5.74) is -2.78. The summed E-state index contributed by atoms with van der Waals surface area (Å²) in [5.74, 6) is -5.74. The Balaban J connectivity index is 1.48. The minimum Gasteiger partial charge on any atom is -0.484 e. The summed E-state index contributed by atoms with van der Waals surface area (Å²) in [6.45, 7) is -0.680. The number of halogens is 4. The predicted octanol–water partition coefficient (Wildman–Crippen LogP) is 4.60. The van der Waals surface area contributed by atoms with Crippen LogP contribution in [0.4, 0.5) is 17.6 Å². The number of rotatable bonds is 7. The Morgan fingerprint density at radius 1 is 1.20 bits per heavy atom. The first kappa shape index (κ1) is 20.3. The molecule has 8 heteroatoms. The Morgan fingerprint density at radius 2 is 2.00 bits per heavy atom. The molecule has 1 aromatic heterocycles. The maximum absolute atomic E-state index is 15.1. The van der Waals surface area contributed by atoms with Crippen LogP contribution in [-0.4, -0.2) is 24.0 Å². The van der Waals surface area contributed by atoms with Crippen molar-refractivity contribution in [2.45, 2.75) is 24.4 Å². The maximum Gasteiger partial charge on any atom is 0.324 e. The molecule has 1 saturated heterocycles. The van der Waals surface area contributed by atoms with Crippen LogP contribution in [0.15, 0.2) is 60.3 Å². The van der Waals surface area contributed by atoms with Gasteiger partial charge in [-0.15, -0.1) is 0 Å². The van der Waals surface area contributed by atoms with Crippen LogP contribution in [0.1, 0.15) is 24.1 Å². The normalized spacial score (nSPS) is 20.6. The molecular weight excluding hydrogens is 402 g/mol. The number of Topliss-reactive ketones (excluding diaryl/α,β-unsaturated/α-hetero) is 1. The molecule has 2 heterocycles. The number of pyridine rings is 1. The van der Waals surface area contributed by atoms with E-state index in [0.29, 0.717) is 11.6 Å². The first-order valence-corrected chi connectivity index (χ1v) is 9.30. The number of hydrogen-bond donors (Lipinski definition) is 0. The van der Waals surface area contributed by atoms with Gasteiger partial charge >= 0.3 is 5.92 Å². The summed E-state index contributed by atoms with van der Waals surface area (Å²) in [4.78, 5) is 15.8. The quantitative estimate of drug-likeness (QED) is 0.486. The molecule has 4 rings (SSSR count). The first-order chi connectivity index (χ1) is 14.3. The van der Waals surface area contributed by atoms with E-state index in [-0.39, 0.29) is 18.1 Å². The lowest BCUT2D eigenvalue weighted by molar-refractivity contribution is -0.117. The van der Waals surface area contributed by atoms with E-state index in [0.717, 1.165) is 37.2 Å². The zero-order valence-corrected chi connectivity index (χ0v) is 15.7. The number of ether oxygens (including phenoxy) is 2. The van der Waals surface area contributed by atoms with E-state index in [9.17, 15) is 13.6 Å². The van der Waals surface area contributed by atoms with Gasteiger partial charge in [0.15, 0.2) is 18.0 Å². The second-order valence-electron chi connectivity index (χ2n) is 7.04. The lowest BCUT2D eigenvalue weighted by Gasteiger charge is -2.24. The maximum atomic E-state index is 15.1. The molecule has 0 amide bonds. The third kappa shape index (κ3) is 3.63. The van der Waals surface area contributed by atoms with Crippen LogP contribution < -0.4 is 4.74 Å². The minimum absolute atomic E-state index is 0.141. The number of benzene rings is 1. The summed E-state index contributed by atoms with van der Waals surface area (Å²) < 4.78 is 67.7. The van der Waals surface area contributed by atoms with Gasteiger partial charge in [-0.2, -0.15) is 8.78 Å². The van der Waals surface area contributed by atoms with E-state index in [4.69, 9.17) is 9.47 Å². The molecule has 1 unspecified atom stereocenters. The first-order valence-electron chi connectivity index (χ1n) is 9.30. The number of aromatic nitrogens is 1. The molecule has 0 spiro atoms.